The second-order valence-electron chi connectivity index (χ2n) is 8.68. The van der Waals surface area contributed by atoms with Crippen LogP contribution in [-0.4, -0.2) is 32.8 Å². The molecule has 0 bridgehead atoms. The summed E-state index contributed by atoms with van der Waals surface area (Å²) in [5.74, 6) is -0.570. The van der Waals surface area contributed by atoms with Crippen molar-refractivity contribution in [3.8, 4) is 0 Å². The topological polar surface area (TPSA) is 52.6 Å². The summed E-state index contributed by atoms with van der Waals surface area (Å²) >= 11 is 0. The van der Waals surface area contributed by atoms with Crippen molar-refractivity contribution in [3.63, 3.8) is 0 Å². The SMILES string of the molecule is CC(=O)[C@@H](C)[C@H](O[Si](C)(C)C(C)(C)C)[C@H](C)COC(=O)c1ccccc1. The second kappa shape index (κ2) is 8.96. The monoisotopic (exact) mass is 378 g/mol. The zero-order valence-corrected chi connectivity index (χ0v) is 18.5. The van der Waals surface area contributed by atoms with Gasteiger partial charge in [-0.05, 0) is 37.2 Å². The van der Waals surface area contributed by atoms with E-state index in [-0.39, 0.29) is 41.3 Å². The first kappa shape index (κ1) is 22.6. The van der Waals surface area contributed by atoms with E-state index >= 15 is 0 Å². The Balaban J connectivity index is 2.86. The van der Waals surface area contributed by atoms with Crippen molar-refractivity contribution < 1.29 is 18.8 Å². The molecule has 146 valence electrons. The van der Waals surface area contributed by atoms with Gasteiger partial charge in [-0.15, -0.1) is 0 Å². The molecule has 0 radical (unpaired) electrons. The van der Waals surface area contributed by atoms with Crippen molar-refractivity contribution >= 4 is 20.1 Å². The van der Waals surface area contributed by atoms with E-state index < -0.39 is 8.32 Å². The third-order valence-electron chi connectivity index (χ3n) is 5.42. The lowest BCUT2D eigenvalue weighted by Gasteiger charge is -2.42. The summed E-state index contributed by atoms with van der Waals surface area (Å²) in [7, 11) is -2.05. The highest BCUT2D eigenvalue weighted by Crippen LogP contribution is 2.39. The molecule has 0 unspecified atom stereocenters. The molecule has 1 aromatic carbocycles. The van der Waals surface area contributed by atoms with Gasteiger partial charge in [-0.2, -0.15) is 0 Å². The average Bonchev–Trinajstić information content (AvgIpc) is 2.56. The normalized spacial score (nSPS) is 15.8. The lowest BCUT2D eigenvalue weighted by atomic mass is 9.91. The molecular weight excluding hydrogens is 344 g/mol. The van der Waals surface area contributed by atoms with Crippen molar-refractivity contribution in [2.75, 3.05) is 6.61 Å². The van der Waals surface area contributed by atoms with Gasteiger partial charge in [-0.1, -0.05) is 52.8 Å². The third-order valence-corrected chi connectivity index (χ3v) is 9.89. The molecule has 0 spiro atoms. The zero-order valence-electron chi connectivity index (χ0n) is 17.5. The van der Waals surface area contributed by atoms with Crippen LogP contribution in [-0.2, 0) is 14.0 Å². The molecule has 0 aliphatic rings. The molecule has 0 aliphatic heterocycles. The fourth-order valence-corrected chi connectivity index (χ4v) is 3.89. The van der Waals surface area contributed by atoms with Gasteiger partial charge in [0.1, 0.15) is 5.78 Å². The van der Waals surface area contributed by atoms with E-state index in [4.69, 9.17) is 9.16 Å². The van der Waals surface area contributed by atoms with Gasteiger partial charge in [0.15, 0.2) is 8.32 Å². The Morgan fingerprint density at radius 3 is 2.08 bits per heavy atom. The van der Waals surface area contributed by atoms with Crippen LogP contribution in [0.3, 0.4) is 0 Å². The Kier molecular flexibility index (Phi) is 7.78. The van der Waals surface area contributed by atoms with Crippen molar-refractivity contribution in [1.82, 2.24) is 0 Å². The van der Waals surface area contributed by atoms with Gasteiger partial charge in [0.2, 0.25) is 0 Å². The van der Waals surface area contributed by atoms with Crippen LogP contribution in [0, 0.1) is 11.8 Å². The quantitative estimate of drug-likeness (QED) is 0.467. The van der Waals surface area contributed by atoms with Crippen LogP contribution >= 0.6 is 0 Å². The van der Waals surface area contributed by atoms with Gasteiger partial charge < -0.3 is 9.16 Å². The molecule has 1 aromatic rings. The summed E-state index contributed by atoms with van der Waals surface area (Å²) in [6, 6.07) is 8.93. The van der Waals surface area contributed by atoms with Crippen molar-refractivity contribution in [2.24, 2.45) is 11.8 Å². The molecule has 0 aromatic heterocycles. The first-order chi connectivity index (χ1) is 11.9. The highest BCUT2D eigenvalue weighted by molar-refractivity contribution is 6.74. The lowest BCUT2D eigenvalue weighted by Crippen LogP contribution is -2.49. The average molecular weight is 379 g/mol. The van der Waals surface area contributed by atoms with Crippen molar-refractivity contribution in [2.45, 2.75) is 65.8 Å². The summed E-state index contributed by atoms with van der Waals surface area (Å²) in [6.07, 6.45) is -0.267. The predicted octanol–water partition coefficient (Wildman–Crippen LogP) is 5.10. The Morgan fingerprint density at radius 2 is 1.62 bits per heavy atom. The Hall–Kier alpha value is -1.46. The molecule has 1 rings (SSSR count). The third kappa shape index (κ3) is 6.06. The maximum Gasteiger partial charge on any atom is 0.338 e. The molecule has 0 heterocycles. The van der Waals surface area contributed by atoms with E-state index in [1.807, 2.05) is 19.9 Å². The van der Waals surface area contributed by atoms with Crippen molar-refractivity contribution in [1.29, 1.82) is 0 Å². The number of rotatable bonds is 8. The van der Waals surface area contributed by atoms with E-state index in [1.54, 1.807) is 31.2 Å². The molecule has 4 nitrogen and oxygen atoms in total. The summed E-state index contributed by atoms with van der Waals surface area (Å²) < 4.78 is 12.0. The zero-order chi connectivity index (χ0) is 20.1. The summed E-state index contributed by atoms with van der Waals surface area (Å²) in [4.78, 5) is 24.2. The van der Waals surface area contributed by atoms with Crippen LogP contribution in [0.4, 0.5) is 0 Å². The summed E-state index contributed by atoms with van der Waals surface area (Å²) in [5.41, 5.74) is 0.529. The fraction of sp³-hybridized carbons (Fsp3) is 0.619. The molecule has 0 saturated heterocycles. The fourth-order valence-electron chi connectivity index (χ4n) is 2.42. The number of esters is 1. The van der Waals surface area contributed by atoms with E-state index in [1.165, 1.54) is 0 Å². The minimum Gasteiger partial charge on any atom is -0.462 e. The molecular formula is C21H34O4Si. The number of ketones is 1. The molecule has 5 heteroatoms. The van der Waals surface area contributed by atoms with Crippen LogP contribution in [0.15, 0.2) is 30.3 Å². The molecule has 26 heavy (non-hydrogen) atoms. The number of benzene rings is 1. The van der Waals surface area contributed by atoms with Gasteiger partial charge in [0.25, 0.3) is 0 Å². The number of carbonyl (C=O) groups excluding carboxylic acids is 2. The Bertz CT molecular complexity index is 604. The van der Waals surface area contributed by atoms with E-state index in [0.717, 1.165) is 0 Å². The lowest BCUT2D eigenvalue weighted by molar-refractivity contribution is -0.124. The maximum atomic E-state index is 12.2. The Labute approximate surface area is 159 Å². The Morgan fingerprint density at radius 1 is 1.08 bits per heavy atom. The number of carbonyl (C=O) groups is 2. The van der Waals surface area contributed by atoms with Crippen LogP contribution < -0.4 is 0 Å². The van der Waals surface area contributed by atoms with Crippen LogP contribution in [0.25, 0.3) is 0 Å². The molecule has 0 aliphatic carbocycles. The molecule has 0 fully saturated rings. The first-order valence-electron chi connectivity index (χ1n) is 9.27. The standard InChI is InChI=1S/C21H34O4Si/c1-15(14-24-20(23)18-12-10-9-11-13-18)19(16(2)17(3)22)25-26(7,8)21(4,5)6/h9-13,15-16,19H,14H2,1-8H3/t15-,16-,19-/m1/s1. The van der Waals surface area contributed by atoms with E-state index in [9.17, 15) is 9.59 Å². The molecule has 0 amide bonds. The molecule has 3 atom stereocenters. The van der Waals surface area contributed by atoms with E-state index in [0.29, 0.717) is 5.56 Å². The number of Topliss-reactive ketones (excluding diaryl/α,β-unsaturated/α-hetero) is 1. The van der Waals surface area contributed by atoms with Gasteiger partial charge in [0, 0.05) is 11.8 Å². The largest absolute Gasteiger partial charge is 0.462 e. The first-order valence-corrected chi connectivity index (χ1v) is 12.2. The number of hydrogen-bond donors (Lipinski definition) is 0. The minimum atomic E-state index is -2.05. The van der Waals surface area contributed by atoms with Crippen molar-refractivity contribution in [3.05, 3.63) is 35.9 Å². The maximum absolute atomic E-state index is 12.2. The second-order valence-corrected chi connectivity index (χ2v) is 13.4. The highest BCUT2D eigenvalue weighted by atomic mass is 28.4. The van der Waals surface area contributed by atoms with Gasteiger partial charge in [0.05, 0.1) is 18.3 Å². The van der Waals surface area contributed by atoms with Crippen LogP contribution in [0.5, 0.6) is 0 Å². The summed E-state index contributed by atoms with van der Waals surface area (Å²) in [6.45, 7) is 16.6. The smallest absolute Gasteiger partial charge is 0.338 e. The summed E-state index contributed by atoms with van der Waals surface area (Å²) in [5, 5.41) is 0.0438. The van der Waals surface area contributed by atoms with Gasteiger partial charge in [-0.3, -0.25) is 4.79 Å². The highest BCUT2D eigenvalue weighted by Gasteiger charge is 2.42. The number of ether oxygens (including phenoxy) is 1. The number of hydrogen-bond acceptors (Lipinski definition) is 4. The van der Waals surface area contributed by atoms with Gasteiger partial charge in [-0.25, -0.2) is 4.79 Å². The van der Waals surface area contributed by atoms with E-state index in [2.05, 4.69) is 33.9 Å². The molecule has 0 saturated carbocycles. The van der Waals surface area contributed by atoms with Gasteiger partial charge >= 0.3 is 5.97 Å². The van der Waals surface area contributed by atoms with Crippen LogP contribution in [0.1, 0.15) is 51.9 Å². The minimum absolute atomic E-state index is 0.0438. The predicted molar refractivity (Wildman–Crippen MR) is 108 cm³/mol. The van der Waals surface area contributed by atoms with Crippen LogP contribution in [0.2, 0.25) is 18.1 Å². The molecule has 0 N–H and O–H groups in total.